The van der Waals surface area contributed by atoms with E-state index < -0.39 is 0 Å². The maximum absolute atomic E-state index is 4.19. The number of pyridine rings is 1. The molecule has 1 atom stereocenters. The van der Waals surface area contributed by atoms with Gasteiger partial charge in [0.05, 0.1) is 6.04 Å². The highest BCUT2D eigenvalue weighted by molar-refractivity contribution is 7.08. The minimum absolute atomic E-state index is 0.282. The molecule has 0 saturated heterocycles. The molecular formula is C13H16N2S. The summed E-state index contributed by atoms with van der Waals surface area (Å²) in [6, 6.07) is 4.56. The molecule has 16 heavy (non-hydrogen) atoms. The van der Waals surface area contributed by atoms with Gasteiger partial charge in [-0.05, 0) is 53.1 Å². The van der Waals surface area contributed by atoms with Crippen molar-refractivity contribution in [2.45, 2.75) is 19.4 Å². The van der Waals surface area contributed by atoms with E-state index in [1.54, 1.807) is 11.3 Å². The Morgan fingerprint density at radius 1 is 1.44 bits per heavy atom. The predicted octanol–water partition coefficient (Wildman–Crippen LogP) is 3.01. The van der Waals surface area contributed by atoms with Gasteiger partial charge in [-0.1, -0.05) is 6.92 Å². The van der Waals surface area contributed by atoms with Crippen molar-refractivity contribution in [3.8, 4) is 0 Å². The minimum Gasteiger partial charge on any atom is -0.309 e. The summed E-state index contributed by atoms with van der Waals surface area (Å²) in [6.07, 6.45) is 4.85. The Morgan fingerprint density at radius 3 is 2.94 bits per heavy atom. The van der Waals surface area contributed by atoms with E-state index in [2.05, 4.69) is 40.1 Å². The van der Waals surface area contributed by atoms with Crippen LogP contribution in [-0.2, 0) is 6.42 Å². The fraction of sp³-hybridized carbons (Fsp3) is 0.308. The van der Waals surface area contributed by atoms with E-state index in [1.807, 2.05) is 19.4 Å². The van der Waals surface area contributed by atoms with Gasteiger partial charge in [-0.15, -0.1) is 0 Å². The van der Waals surface area contributed by atoms with Crippen molar-refractivity contribution < 1.29 is 0 Å². The van der Waals surface area contributed by atoms with Crippen molar-refractivity contribution in [3.63, 3.8) is 0 Å². The first-order chi connectivity index (χ1) is 7.86. The first kappa shape index (κ1) is 11.3. The molecule has 1 N–H and O–H groups in total. The number of aryl methyl sites for hydroxylation is 1. The van der Waals surface area contributed by atoms with Crippen molar-refractivity contribution in [1.29, 1.82) is 0 Å². The number of hydrogen-bond acceptors (Lipinski definition) is 3. The minimum atomic E-state index is 0.282. The Balaban J connectivity index is 2.41. The van der Waals surface area contributed by atoms with E-state index in [0.29, 0.717) is 0 Å². The smallest absolute Gasteiger partial charge is 0.0586 e. The standard InChI is InChI=1S/C13H16N2S/c1-3-10-8-15-6-4-12(10)13(14-2)11-5-7-16-9-11/h4-9,13-14H,3H2,1-2H3. The molecule has 0 aliphatic rings. The third-order valence-electron chi connectivity index (χ3n) is 2.80. The fourth-order valence-electron chi connectivity index (χ4n) is 1.96. The SMILES string of the molecule is CCc1cnccc1C(NC)c1ccsc1. The lowest BCUT2D eigenvalue weighted by Gasteiger charge is -2.18. The summed E-state index contributed by atoms with van der Waals surface area (Å²) in [5.41, 5.74) is 3.97. The molecule has 0 radical (unpaired) electrons. The second kappa shape index (κ2) is 5.23. The number of aromatic nitrogens is 1. The van der Waals surface area contributed by atoms with Crippen LogP contribution in [0, 0.1) is 0 Å². The molecule has 0 aliphatic heterocycles. The summed E-state index contributed by atoms with van der Waals surface area (Å²) in [4.78, 5) is 4.19. The number of nitrogens with zero attached hydrogens (tertiary/aromatic N) is 1. The van der Waals surface area contributed by atoms with Gasteiger partial charge in [-0.3, -0.25) is 4.98 Å². The van der Waals surface area contributed by atoms with Crippen molar-refractivity contribution in [2.75, 3.05) is 7.05 Å². The van der Waals surface area contributed by atoms with Crippen molar-refractivity contribution >= 4 is 11.3 Å². The Hall–Kier alpha value is -1.19. The molecular weight excluding hydrogens is 216 g/mol. The van der Waals surface area contributed by atoms with Crippen LogP contribution >= 0.6 is 11.3 Å². The van der Waals surface area contributed by atoms with Crippen LogP contribution in [0.25, 0.3) is 0 Å². The van der Waals surface area contributed by atoms with Gasteiger partial charge in [0.2, 0.25) is 0 Å². The molecule has 84 valence electrons. The monoisotopic (exact) mass is 232 g/mol. The average molecular weight is 232 g/mol. The molecule has 0 saturated carbocycles. The molecule has 2 aromatic rings. The fourth-order valence-corrected chi connectivity index (χ4v) is 2.64. The van der Waals surface area contributed by atoms with Crippen LogP contribution in [0.1, 0.15) is 29.7 Å². The second-order valence-corrected chi connectivity index (χ2v) is 4.49. The molecule has 1 unspecified atom stereocenters. The Labute approximate surface area is 100 Å². The summed E-state index contributed by atoms with van der Waals surface area (Å²) in [6.45, 7) is 2.17. The molecule has 2 nitrogen and oxygen atoms in total. The normalized spacial score (nSPS) is 12.6. The maximum atomic E-state index is 4.19. The summed E-state index contributed by atoms with van der Waals surface area (Å²) in [5.74, 6) is 0. The number of hydrogen-bond donors (Lipinski definition) is 1. The van der Waals surface area contributed by atoms with E-state index in [9.17, 15) is 0 Å². The van der Waals surface area contributed by atoms with Crippen LogP contribution in [0.3, 0.4) is 0 Å². The molecule has 3 heteroatoms. The summed E-state index contributed by atoms with van der Waals surface area (Å²) in [7, 11) is 2.00. The zero-order valence-electron chi connectivity index (χ0n) is 9.60. The maximum Gasteiger partial charge on any atom is 0.0586 e. The van der Waals surface area contributed by atoms with Gasteiger partial charge in [0.25, 0.3) is 0 Å². The van der Waals surface area contributed by atoms with Crippen LogP contribution in [-0.4, -0.2) is 12.0 Å². The highest BCUT2D eigenvalue weighted by Gasteiger charge is 2.14. The Kier molecular flexibility index (Phi) is 3.70. The average Bonchev–Trinajstić information content (AvgIpc) is 2.84. The quantitative estimate of drug-likeness (QED) is 0.876. The van der Waals surface area contributed by atoms with Gasteiger partial charge in [-0.2, -0.15) is 11.3 Å². The molecule has 0 spiro atoms. The zero-order valence-corrected chi connectivity index (χ0v) is 10.4. The number of nitrogens with one attached hydrogen (secondary N) is 1. The van der Waals surface area contributed by atoms with Crippen LogP contribution in [0.15, 0.2) is 35.3 Å². The van der Waals surface area contributed by atoms with E-state index >= 15 is 0 Å². The van der Waals surface area contributed by atoms with Gasteiger partial charge >= 0.3 is 0 Å². The van der Waals surface area contributed by atoms with E-state index in [4.69, 9.17) is 0 Å². The molecule has 2 heterocycles. The van der Waals surface area contributed by atoms with Gasteiger partial charge < -0.3 is 5.32 Å². The molecule has 2 aromatic heterocycles. The van der Waals surface area contributed by atoms with E-state index in [1.165, 1.54) is 16.7 Å². The van der Waals surface area contributed by atoms with Gasteiger partial charge in [-0.25, -0.2) is 0 Å². The number of thiophene rings is 1. The zero-order chi connectivity index (χ0) is 11.4. The van der Waals surface area contributed by atoms with Gasteiger partial charge in [0.1, 0.15) is 0 Å². The lowest BCUT2D eigenvalue weighted by Crippen LogP contribution is -2.18. The van der Waals surface area contributed by atoms with Crippen LogP contribution in [0.4, 0.5) is 0 Å². The summed E-state index contributed by atoms with van der Waals surface area (Å²) < 4.78 is 0. The van der Waals surface area contributed by atoms with E-state index in [0.717, 1.165) is 6.42 Å². The largest absolute Gasteiger partial charge is 0.309 e. The summed E-state index contributed by atoms with van der Waals surface area (Å²) >= 11 is 1.74. The molecule has 0 aliphatic carbocycles. The third kappa shape index (κ3) is 2.15. The van der Waals surface area contributed by atoms with Crippen molar-refractivity contribution in [2.24, 2.45) is 0 Å². The molecule has 0 aromatic carbocycles. The molecule has 0 amide bonds. The molecule has 0 bridgehead atoms. The molecule has 2 rings (SSSR count). The lowest BCUT2D eigenvalue weighted by atomic mass is 9.97. The number of rotatable bonds is 4. The van der Waals surface area contributed by atoms with Crippen molar-refractivity contribution in [1.82, 2.24) is 10.3 Å². The van der Waals surface area contributed by atoms with Crippen LogP contribution in [0.2, 0.25) is 0 Å². The molecule has 0 fully saturated rings. The highest BCUT2D eigenvalue weighted by atomic mass is 32.1. The van der Waals surface area contributed by atoms with Crippen molar-refractivity contribution in [3.05, 3.63) is 52.0 Å². The van der Waals surface area contributed by atoms with Crippen LogP contribution in [0.5, 0.6) is 0 Å². The van der Waals surface area contributed by atoms with E-state index in [-0.39, 0.29) is 6.04 Å². The lowest BCUT2D eigenvalue weighted by molar-refractivity contribution is 0.685. The first-order valence-electron chi connectivity index (χ1n) is 5.49. The van der Waals surface area contributed by atoms with Gasteiger partial charge in [0, 0.05) is 12.4 Å². The third-order valence-corrected chi connectivity index (χ3v) is 3.50. The first-order valence-corrected chi connectivity index (χ1v) is 6.43. The van der Waals surface area contributed by atoms with Crippen LogP contribution < -0.4 is 5.32 Å². The second-order valence-electron chi connectivity index (χ2n) is 3.71. The summed E-state index contributed by atoms with van der Waals surface area (Å²) in [5, 5.41) is 7.69. The topological polar surface area (TPSA) is 24.9 Å². The van der Waals surface area contributed by atoms with Gasteiger partial charge in [0.15, 0.2) is 0 Å². The Bertz CT molecular complexity index is 437. The predicted molar refractivity (Wildman–Crippen MR) is 68.8 cm³/mol. The highest BCUT2D eigenvalue weighted by Crippen LogP contribution is 2.26. The Morgan fingerprint density at radius 2 is 2.31 bits per heavy atom.